The molecule has 4 rings (SSSR count). The number of aromatic nitrogens is 2. The first-order chi connectivity index (χ1) is 17.4. The Morgan fingerprint density at radius 2 is 1.86 bits per heavy atom. The van der Waals surface area contributed by atoms with Crippen LogP contribution in [0.4, 0.5) is 4.39 Å². The van der Waals surface area contributed by atoms with E-state index in [1.54, 1.807) is 0 Å². The van der Waals surface area contributed by atoms with E-state index < -0.39 is 29.3 Å². The fourth-order valence-corrected chi connectivity index (χ4v) is 4.96. The Morgan fingerprint density at radius 3 is 2.56 bits per heavy atom. The Labute approximate surface area is 209 Å². The number of halogens is 1. The zero-order valence-corrected chi connectivity index (χ0v) is 20.7. The van der Waals surface area contributed by atoms with Crippen molar-refractivity contribution in [3.63, 3.8) is 0 Å². The van der Waals surface area contributed by atoms with Crippen LogP contribution in [0.25, 0.3) is 0 Å². The molecule has 2 aliphatic rings. The van der Waals surface area contributed by atoms with Crippen LogP contribution in [0.15, 0.2) is 33.5 Å². The number of carbonyl (C=O) groups is 3. The number of nitrogens with zero attached hydrogens (tertiary/aromatic N) is 2. The summed E-state index contributed by atoms with van der Waals surface area (Å²) in [4.78, 5) is 51.5. The molecule has 1 N–H and O–H groups in total. The Bertz CT molecular complexity index is 1140. The van der Waals surface area contributed by atoms with Gasteiger partial charge in [-0.25, -0.2) is 9.18 Å². The monoisotopic (exact) mass is 499 g/mol. The summed E-state index contributed by atoms with van der Waals surface area (Å²) in [7, 11) is 0. The van der Waals surface area contributed by atoms with Gasteiger partial charge in [0.05, 0.1) is 12.6 Å². The van der Waals surface area contributed by atoms with Crippen LogP contribution in [0.3, 0.4) is 0 Å². The molecule has 0 bridgehead atoms. The number of amides is 1. The van der Waals surface area contributed by atoms with Crippen molar-refractivity contribution in [1.29, 1.82) is 0 Å². The fraction of sp³-hybridized carbons (Fsp3) is 0.593. The van der Waals surface area contributed by atoms with Gasteiger partial charge in [0.25, 0.3) is 5.89 Å². The molecule has 0 radical (unpaired) electrons. The summed E-state index contributed by atoms with van der Waals surface area (Å²) < 4.78 is 19.6. The van der Waals surface area contributed by atoms with Gasteiger partial charge in [0.2, 0.25) is 11.7 Å². The predicted octanol–water partition coefficient (Wildman–Crippen LogP) is 4.32. The molecule has 1 aromatic carbocycles. The lowest BCUT2D eigenvalue weighted by atomic mass is 9.75. The summed E-state index contributed by atoms with van der Waals surface area (Å²) >= 11 is 0. The maximum Gasteiger partial charge on any atom is 0.437 e. The van der Waals surface area contributed by atoms with E-state index in [-0.39, 0.29) is 29.9 Å². The second-order valence-corrected chi connectivity index (χ2v) is 10.2. The molecular formula is C27H34FN3O5. The lowest BCUT2D eigenvalue weighted by Crippen LogP contribution is -2.46. The third-order valence-corrected chi connectivity index (χ3v) is 7.28. The number of unbranched alkanes of at least 4 members (excludes halogenated alkanes) is 1. The molecule has 1 amide bonds. The maximum absolute atomic E-state index is 13.4. The highest BCUT2D eigenvalue weighted by Gasteiger charge is 2.35. The van der Waals surface area contributed by atoms with Gasteiger partial charge in [0, 0.05) is 17.9 Å². The van der Waals surface area contributed by atoms with E-state index >= 15 is 0 Å². The van der Waals surface area contributed by atoms with Crippen molar-refractivity contribution in [2.24, 2.45) is 17.8 Å². The summed E-state index contributed by atoms with van der Waals surface area (Å²) in [5, 5.41) is 6.99. The van der Waals surface area contributed by atoms with Crippen molar-refractivity contribution in [1.82, 2.24) is 15.1 Å². The Morgan fingerprint density at radius 1 is 1.14 bits per heavy atom. The standard InChI is InChI=1S/C27H34FN3O5/c1-2-3-8-22(24(33)26-30-31(27(35)36-26)16-17-9-10-17)29-25(34)21-7-5-4-6-19(21)15-23(32)18-11-13-20(28)14-12-18/h11-14,17,19,21-22H,2-10,15-16H2,1H3,(H,29,34)/t19-,21?,22+/m1/s1. The quantitative estimate of drug-likeness (QED) is 0.435. The second-order valence-electron chi connectivity index (χ2n) is 10.2. The van der Waals surface area contributed by atoms with E-state index in [9.17, 15) is 23.6 Å². The first-order valence-electron chi connectivity index (χ1n) is 13.1. The van der Waals surface area contributed by atoms with Gasteiger partial charge < -0.3 is 9.73 Å². The number of hydrogen-bond donors (Lipinski definition) is 1. The molecule has 0 spiro atoms. The lowest BCUT2D eigenvalue weighted by Gasteiger charge is -2.31. The van der Waals surface area contributed by atoms with Crippen molar-refractivity contribution in [2.75, 3.05) is 0 Å². The van der Waals surface area contributed by atoms with E-state index in [0.29, 0.717) is 37.3 Å². The number of hydrogen-bond acceptors (Lipinski definition) is 6. The maximum atomic E-state index is 13.4. The van der Waals surface area contributed by atoms with E-state index in [1.165, 1.54) is 28.9 Å². The van der Waals surface area contributed by atoms with Gasteiger partial charge >= 0.3 is 5.76 Å². The van der Waals surface area contributed by atoms with Gasteiger partial charge in [-0.3, -0.25) is 14.4 Å². The molecular weight excluding hydrogens is 465 g/mol. The van der Waals surface area contributed by atoms with Crippen molar-refractivity contribution < 1.29 is 23.2 Å². The van der Waals surface area contributed by atoms with Crippen LogP contribution in [-0.4, -0.2) is 33.3 Å². The molecule has 194 valence electrons. The van der Waals surface area contributed by atoms with Gasteiger partial charge in [0.1, 0.15) is 5.82 Å². The number of ketones is 2. The van der Waals surface area contributed by atoms with Crippen LogP contribution in [-0.2, 0) is 11.3 Å². The van der Waals surface area contributed by atoms with Crippen molar-refractivity contribution in [3.8, 4) is 0 Å². The largest absolute Gasteiger partial charge is 0.437 e. The molecule has 1 unspecified atom stereocenters. The summed E-state index contributed by atoms with van der Waals surface area (Å²) in [6, 6.07) is 4.59. The van der Waals surface area contributed by atoms with E-state index in [1.807, 2.05) is 6.92 Å². The number of nitrogens with one attached hydrogen (secondary N) is 1. The third-order valence-electron chi connectivity index (χ3n) is 7.28. The molecule has 2 aromatic rings. The highest BCUT2D eigenvalue weighted by atomic mass is 19.1. The van der Waals surface area contributed by atoms with Crippen LogP contribution in [0, 0.1) is 23.6 Å². The van der Waals surface area contributed by atoms with Crippen LogP contribution in [0.5, 0.6) is 0 Å². The molecule has 1 heterocycles. The molecule has 0 saturated heterocycles. The van der Waals surface area contributed by atoms with Gasteiger partial charge in [0.15, 0.2) is 5.78 Å². The molecule has 3 atom stereocenters. The minimum atomic E-state index is -0.847. The van der Waals surface area contributed by atoms with Gasteiger partial charge in [-0.15, -0.1) is 5.10 Å². The topological polar surface area (TPSA) is 111 Å². The van der Waals surface area contributed by atoms with E-state index in [2.05, 4.69) is 10.4 Å². The highest BCUT2D eigenvalue weighted by molar-refractivity contribution is 5.99. The molecule has 2 aliphatic carbocycles. The van der Waals surface area contributed by atoms with E-state index in [4.69, 9.17) is 4.42 Å². The molecule has 2 fully saturated rings. The SMILES string of the molecule is CCCC[C@H](NC(=O)C1CCCC[C@@H]1CC(=O)c1ccc(F)cc1)C(=O)c1nn(CC2CC2)c(=O)o1. The molecule has 0 aliphatic heterocycles. The average Bonchev–Trinajstić information content (AvgIpc) is 3.62. The number of carbonyl (C=O) groups excluding carboxylic acids is 3. The highest BCUT2D eigenvalue weighted by Crippen LogP contribution is 2.34. The first kappa shape index (κ1) is 26.0. The summed E-state index contributed by atoms with van der Waals surface area (Å²) in [6.45, 7) is 2.43. The minimum absolute atomic E-state index is 0.124. The van der Waals surface area contributed by atoms with Crippen LogP contribution < -0.4 is 11.1 Å². The van der Waals surface area contributed by atoms with Gasteiger partial charge in [-0.2, -0.15) is 4.68 Å². The average molecular weight is 500 g/mol. The summed E-state index contributed by atoms with van der Waals surface area (Å²) in [6.07, 6.45) is 7.36. The minimum Gasteiger partial charge on any atom is -0.384 e. The number of Topliss-reactive ketones (excluding diaryl/α,β-unsaturated/α-hetero) is 2. The smallest absolute Gasteiger partial charge is 0.384 e. The van der Waals surface area contributed by atoms with Crippen LogP contribution in [0.1, 0.15) is 92.2 Å². The van der Waals surface area contributed by atoms with Crippen LogP contribution in [0.2, 0.25) is 0 Å². The lowest BCUT2D eigenvalue weighted by molar-refractivity contribution is -0.128. The van der Waals surface area contributed by atoms with E-state index in [0.717, 1.165) is 38.5 Å². The van der Waals surface area contributed by atoms with Crippen molar-refractivity contribution in [2.45, 2.75) is 83.7 Å². The Balaban J connectivity index is 1.44. The molecule has 1 aromatic heterocycles. The fourth-order valence-electron chi connectivity index (χ4n) is 4.96. The van der Waals surface area contributed by atoms with Crippen molar-refractivity contribution in [3.05, 3.63) is 52.1 Å². The number of rotatable bonds is 12. The zero-order valence-electron chi connectivity index (χ0n) is 20.7. The Kier molecular flexibility index (Phi) is 8.48. The third kappa shape index (κ3) is 6.56. The second kappa shape index (κ2) is 11.8. The summed E-state index contributed by atoms with van der Waals surface area (Å²) in [5.74, 6) is -2.38. The normalized spacial score (nSPS) is 20.6. The van der Waals surface area contributed by atoms with Gasteiger partial charge in [-0.1, -0.05) is 32.6 Å². The molecule has 9 heteroatoms. The van der Waals surface area contributed by atoms with Crippen molar-refractivity contribution >= 4 is 17.5 Å². The Hall–Kier alpha value is -3.10. The van der Waals surface area contributed by atoms with Crippen LogP contribution >= 0.6 is 0 Å². The van der Waals surface area contributed by atoms with Gasteiger partial charge in [-0.05, 0) is 68.2 Å². The zero-order chi connectivity index (χ0) is 25.7. The first-order valence-corrected chi connectivity index (χ1v) is 13.1. The predicted molar refractivity (Wildman–Crippen MR) is 130 cm³/mol. The molecule has 8 nitrogen and oxygen atoms in total. The molecule has 36 heavy (non-hydrogen) atoms. The number of benzene rings is 1. The summed E-state index contributed by atoms with van der Waals surface area (Å²) in [5.41, 5.74) is 0.425. The molecule has 2 saturated carbocycles.